The summed E-state index contributed by atoms with van der Waals surface area (Å²) >= 11 is 0. The number of aliphatic hydroxyl groups excluding tert-OH is 1. The highest BCUT2D eigenvalue weighted by Crippen LogP contribution is 2.52. The van der Waals surface area contributed by atoms with Gasteiger partial charge in [0.25, 0.3) is 5.79 Å². The minimum Gasteiger partial charge on any atom is -0.507 e. The Morgan fingerprint density at radius 3 is 2.30 bits per heavy atom. The van der Waals surface area contributed by atoms with E-state index < -0.39 is 117 Å². The number of carbonyl (C=O) groups is 5. The van der Waals surface area contributed by atoms with E-state index in [4.69, 9.17) is 18.9 Å². The molecule has 0 aromatic heterocycles. The van der Waals surface area contributed by atoms with Crippen molar-refractivity contribution in [3.05, 3.63) is 88.6 Å². The number of ether oxygens (including phenoxy) is 4. The number of Topliss-reactive ketones (excluding diaryl/α,β-unsaturated/α-hetero) is 3. The van der Waals surface area contributed by atoms with Gasteiger partial charge in [-0.05, 0) is 45.8 Å². The third-order valence-corrected chi connectivity index (χ3v) is 10.5. The first-order valence-corrected chi connectivity index (χ1v) is 17.0. The number of phenols is 1. The Morgan fingerprint density at radius 1 is 0.943 bits per heavy atom. The minimum absolute atomic E-state index is 0.176. The van der Waals surface area contributed by atoms with Gasteiger partial charge < -0.3 is 49.6 Å². The average Bonchev–Trinajstić information content (AvgIpc) is 3.39. The van der Waals surface area contributed by atoms with Crippen LogP contribution in [-0.2, 0) is 33.3 Å². The summed E-state index contributed by atoms with van der Waals surface area (Å²) in [5.41, 5.74) is -9.49. The lowest BCUT2D eigenvalue weighted by molar-refractivity contribution is -0.209. The molecule has 282 valence electrons. The number of allylic oxidation sites excluding steroid dienone is 6. The number of fused-ring (bicyclic) bond motifs is 3. The molecule has 1 aromatic carbocycles. The number of benzene rings is 1. The molecule has 6 rings (SSSR count). The van der Waals surface area contributed by atoms with Crippen LogP contribution in [0.2, 0.25) is 0 Å². The quantitative estimate of drug-likeness (QED) is 0.132. The molecule has 1 aromatic rings. The number of rotatable bonds is 7. The molecule has 2 saturated heterocycles. The van der Waals surface area contributed by atoms with Crippen molar-refractivity contribution in [2.75, 3.05) is 0 Å². The lowest BCUT2D eigenvalue weighted by atomic mass is 9.56. The lowest BCUT2D eigenvalue weighted by Crippen LogP contribution is -2.74. The Balaban J connectivity index is 1.10. The first-order chi connectivity index (χ1) is 24.8. The van der Waals surface area contributed by atoms with E-state index in [1.54, 1.807) is 38.2 Å². The second kappa shape index (κ2) is 13.4. The monoisotopic (exact) mass is 736 g/mol. The maximum Gasteiger partial charge on any atom is 0.364 e. The Hall–Kier alpha value is -4.61. The average molecular weight is 737 g/mol. The number of ketones is 3. The van der Waals surface area contributed by atoms with Gasteiger partial charge in [-0.1, -0.05) is 42.5 Å². The molecule has 3 fully saturated rings. The van der Waals surface area contributed by atoms with Crippen molar-refractivity contribution in [1.29, 1.82) is 0 Å². The number of phenolic OH excluding ortho intramolecular Hbond substituents is 1. The minimum atomic E-state index is -3.05. The van der Waals surface area contributed by atoms with Crippen molar-refractivity contribution in [3.8, 4) is 5.75 Å². The summed E-state index contributed by atoms with van der Waals surface area (Å²) in [5, 5.41) is 64.6. The molecule has 10 atom stereocenters. The lowest BCUT2D eigenvalue weighted by Gasteiger charge is -2.53. The van der Waals surface area contributed by atoms with Crippen molar-refractivity contribution in [3.63, 3.8) is 0 Å². The third-order valence-electron chi connectivity index (χ3n) is 10.5. The summed E-state index contributed by atoms with van der Waals surface area (Å²) in [6.45, 7) is 5.79. The van der Waals surface area contributed by atoms with Crippen molar-refractivity contribution < 1.29 is 73.6 Å². The number of aliphatic carboxylic acids is 1. The molecule has 1 saturated carbocycles. The predicted octanol–water partition coefficient (Wildman–Crippen LogP) is 1.61. The maximum atomic E-state index is 13.8. The molecule has 0 radical (unpaired) electrons. The number of hydrogen-bond donors (Lipinski definition) is 6. The van der Waals surface area contributed by atoms with Crippen LogP contribution in [0.1, 0.15) is 79.3 Å². The van der Waals surface area contributed by atoms with Crippen molar-refractivity contribution >= 4 is 29.3 Å². The highest BCUT2D eigenvalue weighted by molar-refractivity contribution is 6.32. The zero-order valence-electron chi connectivity index (χ0n) is 29.2. The summed E-state index contributed by atoms with van der Waals surface area (Å²) in [6, 6.07) is 2.61. The number of carboxylic acids is 1. The van der Waals surface area contributed by atoms with Gasteiger partial charge in [-0.2, -0.15) is 0 Å². The van der Waals surface area contributed by atoms with E-state index >= 15 is 0 Å². The van der Waals surface area contributed by atoms with Gasteiger partial charge in [-0.15, -0.1) is 0 Å². The number of aliphatic hydroxyl groups is 4. The van der Waals surface area contributed by atoms with Gasteiger partial charge in [0.2, 0.25) is 5.78 Å². The topological polar surface area (TPSA) is 244 Å². The second-order valence-electron chi connectivity index (χ2n) is 14.3. The van der Waals surface area contributed by atoms with E-state index in [1.807, 2.05) is 0 Å². The van der Waals surface area contributed by atoms with E-state index in [1.165, 1.54) is 31.2 Å². The Bertz CT molecular complexity index is 1940. The first kappa shape index (κ1) is 38.1. The summed E-state index contributed by atoms with van der Waals surface area (Å²) in [4.78, 5) is 64.8. The molecule has 15 heteroatoms. The number of carbonyl (C=O) groups excluding carboxylic acids is 4. The fraction of sp³-hybridized carbons (Fsp3) is 0.447. The van der Waals surface area contributed by atoms with Crippen LogP contribution in [0.5, 0.6) is 5.75 Å². The zero-order valence-corrected chi connectivity index (χ0v) is 29.2. The number of carboxylic acid groups (broad SMARTS) is 1. The van der Waals surface area contributed by atoms with Crippen LogP contribution in [0.25, 0.3) is 0 Å². The summed E-state index contributed by atoms with van der Waals surface area (Å²) < 4.78 is 22.5. The Labute approximate surface area is 303 Å². The summed E-state index contributed by atoms with van der Waals surface area (Å²) in [5.74, 6) is -7.54. The van der Waals surface area contributed by atoms with E-state index in [0.29, 0.717) is 6.42 Å². The first-order valence-electron chi connectivity index (χ1n) is 17.0. The second-order valence-corrected chi connectivity index (χ2v) is 14.3. The van der Waals surface area contributed by atoms with E-state index in [2.05, 4.69) is 0 Å². The van der Waals surface area contributed by atoms with Crippen molar-refractivity contribution in [1.82, 2.24) is 0 Å². The molecule has 0 bridgehead atoms. The molecule has 5 aliphatic rings. The molecule has 6 N–H and O–H groups in total. The SMILES string of the molecule is C[C@@H]1O[C@H](c2ccc3c(c2O)C(=O)C2=C(C3=O)[C@]3(O)C(=O)[C@@H](O)[C@@](C)(O)C[C@]3(O)C=C2)CC[C@H]1OC(=O)/C=C/C=C/C=C/[C@H]1O[C@](C)(C(=O)O)O[C@@H]1C. The van der Waals surface area contributed by atoms with Crippen LogP contribution in [0, 0.1) is 0 Å². The Kier molecular flexibility index (Phi) is 9.61. The van der Waals surface area contributed by atoms with Crippen molar-refractivity contribution in [2.45, 2.75) is 106 Å². The van der Waals surface area contributed by atoms with Gasteiger partial charge in [0.05, 0.1) is 35.0 Å². The van der Waals surface area contributed by atoms with Crippen LogP contribution in [0.15, 0.2) is 71.9 Å². The molecular formula is C38H40O15. The van der Waals surface area contributed by atoms with Gasteiger partial charge in [-0.25, -0.2) is 9.59 Å². The highest BCUT2D eigenvalue weighted by Gasteiger charge is 2.69. The van der Waals surface area contributed by atoms with Gasteiger partial charge in [0, 0.05) is 36.1 Å². The molecule has 0 spiro atoms. The van der Waals surface area contributed by atoms with E-state index in [-0.39, 0.29) is 17.5 Å². The molecule has 53 heavy (non-hydrogen) atoms. The number of hydrogen-bond acceptors (Lipinski definition) is 14. The van der Waals surface area contributed by atoms with Crippen LogP contribution in [0.3, 0.4) is 0 Å². The van der Waals surface area contributed by atoms with Gasteiger partial charge in [0.1, 0.15) is 29.7 Å². The van der Waals surface area contributed by atoms with Crippen LogP contribution in [0.4, 0.5) is 0 Å². The molecule has 0 amide bonds. The molecule has 0 unspecified atom stereocenters. The third kappa shape index (κ3) is 6.21. The fourth-order valence-electron chi connectivity index (χ4n) is 7.59. The van der Waals surface area contributed by atoms with Crippen LogP contribution >= 0.6 is 0 Å². The molecule has 15 nitrogen and oxygen atoms in total. The fourth-order valence-corrected chi connectivity index (χ4v) is 7.59. The molecule has 2 aliphatic heterocycles. The van der Waals surface area contributed by atoms with Crippen LogP contribution in [-0.4, -0.2) is 113 Å². The van der Waals surface area contributed by atoms with Gasteiger partial charge in [-0.3, -0.25) is 14.4 Å². The maximum absolute atomic E-state index is 13.8. The number of esters is 1. The molecule has 3 aliphatic carbocycles. The van der Waals surface area contributed by atoms with Crippen LogP contribution < -0.4 is 0 Å². The zero-order chi connectivity index (χ0) is 38.8. The smallest absolute Gasteiger partial charge is 0.364 e. The summed E-state index contributed by atoms with van der Waals surface area (Å²) in [7, 11) is 0. The highest BCUT2D eigenvalue weighted by atomic mass is 16.8. The molecule has 2 heterocycles. The Morgan fingerprint density at radius 2 is 1.64 bits per heavy atom. The number of aromatic hydroxyl groups is 1. The van der Waals surface area contributed by atoms with Crippen molar-refractivity contribution in [2.24, 2.45) is 0 Å². The van der Waals surface area contributed by atoms with E-state index in [0.717, 1.165) is 19.1 Å². The normalized spacial score (nSPS) is 38.5. The largest absolute Gasteiger partial charge is 0.507 e. The molecular weight excluding hydrogens is 696 g/mol. The standard InChI is InChI=1S/C38H40O15/c1-18-23(51-26(39)10-8-6-5-7-9-24-19(2)52-36(4,53-24)34(45)46)13-14-25(50-18)20-11-12-21-27(29(20)40)30(41)22-15-16-37(48)17-35(3,47)32(43)33(44)38(37,49)28(22)31(21)42/h5-12,15-16,18-19,23-25,32,40,43,47-49H,13-14,17H2,1-4H3,(H,45,46)/b6-5+,9-7+,10-8+/t18-,19+,23+,24+,25-,32+,35-,36+,37+,38-/m0/s1. The van der Waals surface area contributed by atoms with E-state index in [9.17, 15) is 54.6 Å². The summed E-state index contributed by atoms with van der Waals surface area (Å²) in [6.07, 6.45) is 5.66. The van der Waals surface area contributed by atoms with Gasteiger partial charge in [0.15, 0.2) is 17.2 Å². The van der Waals surface area contributed by atoms with Gasteiger partial charge >= 0.3 is 11.9 Å². The predicted molar refractivity (Wildman–Crippen MR) is 180 cm³/mol.